The molecule has 2 aliphatic rings. The maximum absolute atomic E-state index is 16.4. The molecule has 3 atom stereocenters. The van der Waals surface area contributed by atoms with Gasteiger partial charge in [-0.2, -0.15) is 0 Å². The minimum atomic E-state index is -2.23. The number of carbonyl (C=O) groups is 6. The minimum absolute atomic E-state index is 0.00993. The molecule has 0 amide bonds. The summed E-state index contributed by atoms with van der Waals surface area (Å²) in [6, 6.07) is 22.6. The molecule has 0 bridgehead atoms. The van der Waals surface area contributed by atoms with Crippen LogP contribution in [0.25, 0.3) is 0 Å². The Morgan fingerprint density at radius 1 is 0.283 bits per heavy atom. The molecule has 22 heteroatoms. The molecule has 2 aliphatic heterocycles. The van der Waals surface area contributed by atoms with Crippen molar-refractivity contribution in [3.8, 4) is 34.5 Å². The minimum Gasteiger partial charge on any atom is -0.507 e. The van der Waals surface area contributed by atoms with Crippen LogP contribution >= 0.6 is 0 Å². The molecule has 8 rings (SSSR count). The SMILES string of the molecule is Cc1cc(CCC(=O)OCC(C)(C)C2OCC3(CO2)COC(C(C)(C)COC(=O)CCc2cc(C)c(O)c(C(C)(C)C)c2)OC3C(OC(=O)CCc2cc(C(C)(C)C)c(O)c(C(C)(C)C)c2)C(COC(=O)CCc2cc(C(C)(C)C)c(O)c(C(C)(C)C)c2)(COC(=O)CCc2cc(C(C)(C)C)c(O)c(C(C)(C)C)c2)COC(=O)CCc2cc(C(C)(C)C)c(O)c(C(C)(C)C)c2)cc(C(C)(C)C)c1O. The Kier molecular flexibility index (Phi) is 35.5. The van der Waals surface area contributed by atoms with Gasteiger partial charge in [0.1, 0.15) is 85.2 Å². The van der Waals surface area contributed by atoms with Crippen molar-refractivity contribution < 1.29 is 107 Å². The van der Waals surface area contributed by atoms with E-state index in [9.17, 15) is 40.2 Å². The van der Waals surface area contributed by atoms with Crippen LogP contribution in [0.4, 0.5) is 0 Å². The number of carbonyl (C=O) groups excluding carboxylic acids is 6. The predicted molar refractivity (Wildman–Crippen MR) is 542 cm³/mol. The summed E-state index contributed by atoms with van der Waals surface area (Å²) in [6.07, 6.45) is -6.22. The smallest absolute Gasteiger partial charge is 0.306 e. The lowest BCUT2D eigenvalue weighted by atomic mass is 9.70. The first kappa shape index (κ1) is 114. The van der Waals surface area contributed by atoms with Gasteiger partial charge in [-0.1, -0.05) is 308 Å². The maximum atomic E-state index is 16.4. The summed E-state index contributed by atoms with van der Waals surface area (Å²) in [6.45, 7) is 67.0. The van der Waals surface area contributed by atoms with E-state index >= 15 is 19.2 Å². The predicted octanol–water partition coefficient (Wildman–Crippen LogP) is 23.4. The molecule has 22 nitrogen and oxygen atoms in total. The Balaban J connectivity index is 1.36. The second-order valence-corrected chi connectivity index (χ2v) is 51.3. The Morgan fingerprint density at radius 3 is 0.696 bits per heavy atom. The summed E-state index contributed by atoms with van der Waals surface area (Å²) in [5, 5.41) is 70.1. The van der Waals surface area contributed by atoms with Gasteiger partial charge in [0.15, 0.2) is 12.6 Å². The molecule has 1 spiro atoms. The van der Waals surface area contributed by atoms with Crippen molar-refractivity contribution in [1.29, 1.82) is 0 Å². The van der Waals surface area contributed by atoms with Crippen molar-refractivity contribution in [3.05, 3.63) is 173 Å². The normalized spacial score (nSPS) is 17.3. The highest BCUT2D eigenvalue weighted by atomic mass is 16.7. The molecule has 766 valence electrons. The van der Waals surface area contributed by atoms with E-state index in [-0.39, 0.29) is 144 Å². The first-order valence-corrected chi connectivity index (χ1v) is 49.5. The van der Waals surface area contributed by atoms with Crippen LogP contribution in [0.5, 0.6) is 34.5 Å². The molecule has 0 aromatic heterocycles. The van der Waals surface area contributed by atoms with Crippen LogP contribution in [-0.4, -0.2) is 144 Å². The number of phenolic OH excluding ortho intramolecular Hbond substituents is 6. The fraction of sp³-hybridized carbons (Fsp3) is 0.638. The van der Waals surface area contributed by atoms with Crippen LogP contribution in [0, 0.1) is 35.5 Å². The molecular formula is C116H170O22. The average Bonchev–Trinajstić information content (AvgIpc) is 0.731. The van der Waals surface area contributed by atoms with Gasteiger partial charge in [0.05, 0.1) is 25.2 Å². The van der Waals surface area contributed by atoms with Crippen molar-refractivity contribution in [3.63, 3.8) is 0 Å². The average molecular weight is 1920 g/mol. The summed E-state index contributed by atoms with van der Waals surface area (Å²) in [5.41, 5.74) is 1.21. The van der Waals surface area contributed by atoms with Crippen molar-refractivity contribution in [2.24, 2.45) is 21.7 Å². The number of aryl methyl sites for hydroxylation is 8. The van der Waals surface area contributed by atoms with Crippen molar-refractivity contribution in [1.82, 2.24) is 0 Å². The molecule has 2 heterocycles. The van der Waals surface area contributed by atoms with Gasteiger partial charge in [-0.15, -0.1) is 0 Å². The second kappa shape index (κ2) is 42.9. The largest absolute Gasteiger partial charge is 0.507 e. The van der Waals surface area contributed by atoms with Gasteiger partial charge in [-0.3, -0.25) is 28.8 Å². The van der Waals surface area contributed by atoms with Gasteiger partial charge in [0, 0.05) is 49.4 Å². The van der Waals surface area contributed by atoms with Crippen molar-refractivity contribution in [2.75, 3.05) is 52.9 Å². The third-order valence-corrected chi connectivity index (χ3v) is 26.8. The van der Waals surface area contributed by atoms with E-state index in [1.165, 1.54) is 0 Å². The molecule has 138 heavy (non-hydrogen) atoms. The molecule has 0 saturated carbocycles. The molecule has 2 fully saturated rings. The van der Waals surface area contributed by atoms with E-state index in [0.29, 0.717) is 67.6 Å². The molecule has 3 unspecified atom stereocenters. The lowest BCUT2D eigenvalue weighted by Crippen LogP contribution is -2.68. The summed E-state index contributed by atoms with van der Waals surface area (Å²) >= 11 is 0. The van der Waals surface area contributed by atoms with E-state index in [1.807, 2.05) is 308 Å². The van der Waals surface area contributed by atoms with Gasteiger partial charge in [-0.05, 0) is 207 Å². The first-order chi connectivity index (χ1) is 62.9. The van der Waals surface area contributed by atoms with E-state index in [0.717, 1.165) is 38.9 Å². The summed E-state index contributed by atoms with van der Waals surface area (Å²) in [7, 11) is 0. The second-order valence-electron chi connectivity index (χ2n) is 51.3. The number of rotatable bonds is 33. The highest BCUT2D eigenvalue weighted by Crippen LogP contribution is 2.51. The van der Waals surface area contributed by atoms with Crippen LogP contribution in [0.2, 0.25) is 0 Å². The van der Waals surface area contributed by atoms with E-state index < -0.39 is 151 Å². The van der Waals surface area contributed by atoms with Gasteiger partial charge in [0.25, 0.3) is 0 Å². The van der Waals surface area contributed by atoms with E-state index in [1.54, 1.807) is 13.8 Å². The fourth-order valence-corrected chi connectivity index (χ4v) is 18.0. The zero-order chi connectivity index (χ0) is 104. The molecule has 6 aromatic carbocycles. The summed E-state index contributed by atoms with van der Waals surface area (Å²) < 4.78 is 68.7. The lowest BCUT2D eigenvalue weighted by Gasteiger charge is -2.56. The number of hydrogen-bond acceptors (Lipinski definition) is 22. The number of ether oxygens (including phenoxy) is 10. The van der Waals surface area contributed by atoms with Crippen molar-refractivity contribution in [2.45, 2.75) is 405 Å². The Morgan fingerprint density at radius 2 is 0.471 bits per heavy atom. The number of aromatic hydroxyl groups is 6. The zero-order valence-electron chi connectivity index (χ0n) is 90.6. The van der Waals surface area contributed by atoms with Crippen LogP contribution in [0.1, 0.15) is 374 Å². The Bertz CT molecular complexity index is 4930. The number of benzene rings is 6. The highest BCUT2D eigenvalue weighted by molar-refractivity contribution is 5.74. The maximum Gasteiger partial charge on any atom is 0.306 e. The highest BCUT2D eigenvalue weighted by Gasteiger charge is 2.62. The third kappa shape index (κ3) is 29.5. The van der Waals surface area contributed by atoms with Gasteiger partial charge < -0.3 is 78.0 Å². The zero-order valence-corrected chi connectivity index (χ0v) is 90.6. The van der Waals surface area contributed by atoms with Crippen molar-refractivity contribution >= 4 is 35.8 Å². The third-order valence-electron chi connectivity index (χ3n) is 26.8. The molecule has 6 N–H and O–H groups in total. The van der Waals surface area contributed by atoms with Gasteiger partial charge in [-0.25, -0.2) is 0 Å². The summed E-state index contributed by atoms with van der Waals surface area (Å²) in [5.74, 6) is -3.26. The molecule has 6 aromatic rings. The van der Waals surface area contributed by atoms with E-state index in [4.69, 9.17) is 47.4 Å². The standard InChI is InChI=1S/C116H170O22/c1-69-49-71(51-77(93(69)123)103(3,4)5)37-43-87(117)129-61-113(33,34)101-134-66-116(67-135-101)68-136-102(114(35,36)62-130-88(118)44-38-72-50-70(2)94(124)78(52-72)104(6,7)8)138-100(116)99(137-92(122)48-42-76-59-85(111(27,28)29)98(128)86(60-76)112(30,31)32)115(63-131-89(119)45-39-73-53-79(105(9,10)11)95(125)80(54-73)106(12,13)14,64-132-90(120)46-40-74-55-81(107(15,16)17)96(126)82(56-74)108(18,19)20)65-133-91(121)47-41-75-57-83(109(21,22)23)97(127)84(58-75)110(24,25)26/h49-60,99-102,123-128H,37-48,61-68H2,1-36H3. The van der Waals surface area contributed by atoms with Crippen LogP contribution in [0.3, 0.4) is 0 Å². The number of esters is 6. The topological polar surface area (TPSA) is 316 Å². The quantitative estimate of drug-likeness (QED) is 0.0165. The fourth-order valence-electron chi connectivity index (χ4n) is 18.0. The molecule has 0 aliphatic carbocycles. The summed E-state index contributed by atoms with van der Waals surface area (Å²) in [4.78, 5) is 91.6. The van der Waals surface area contributed by atoms with E-state index in [2.05, 4.69) is 0 Å². The Hall–Kier alpha value is -9.22. The van der Waals surface area contributed by atoms with Gasteiger partial charge >= 0.3 is 35.8 Å². The lowest BCUT2D eigenvalue weighted by molar-refractivity contribution is -0.377. The monoisotopic (exact) mass is 1920 g/mol. The van der Waals surface area contributed by atoms with Crippen LogP contribution in [-0.2, 0) is 169 Å². The first-order valence-electron chi connectivity index (χ1n) is 49.5. The number of hydrogen-bond donors (Lipinski definition) is 6. The number of phenols is 6. The molecule has 2 saturated heterocycles. The van der Waals surface area contributed by atoms with Gasteiger partial charge in [0.2, 0.25) is 0 Å². The molecular weight excluding hydrogens is 1750 g/mol. The van der Waals surface area contributed by atoms with Crippen LogP contribution < -0.4 is 0 Å². The van der Waals surface area contributed by atoms with Crippen LogP contribution in [0.15, 0.2) is 72.8 Å². The molecule has 0 radical (unpaired) electrons. The Labute approximate surface area is 825 Å².